The van der Waals surface area contributed by atoms with E-state index in [-0.39, 0.29) is 17.9 Å². The van der Waals surface area contributed by atoms with E-state index in [1.807, 2.05) is 35.0 Å². The van der Waals surface area contributed by atoms with E-state index in [1.165, 1.54) is 0 Å². The highest BCUT2D eigenvalue weighted by molar-refractivity contribution is 5.95. The van der Waals surface area contributed by atoms with Crippen molar-refractivity contribution in [3.8, 4) is 5.69 Å². The molecule has 25 heavy (non-hydrogen) atoms. The summed E-state index contributed by atoms with van der Waals surface area (Å²) < 4.78 is 1.86. The van der Waals surface area contributed by atoms with E-state index >= 15 is 0 Å². The van der Waals surface area contributed by atoms with Crippen LogP contribution in [0, 0.1) is 5.92 Å². The Morgan fingerprint density at radius 3 is 2.52 bits per heavy atom. The number of nitrogens with zero attached hydrogens (tertiary/aromatic N) is 2. The Morgan fingerprint density at radius 2 is 1.88 bits per heavy atom. The first-order valence-electron chi connectivity index (χ1n) is 8.80. The van der Waals surface area contributed by atoms with Crippen molar-refractivity contribution in [3.05, 3.63) is 47.8 Å². The highest BCUT2D eigenvalue weighted by atomic mass is 16.4. The van der Waals surface area contributed by atoms with Gasteiger partial charge in [-0.3, -0.25) is 9.59 Å². The Bertz CT molecular complexity index is 796. The molecule has 130 valence electrons. The fourth-order valence-corrected chi connectivity index (χ4v) is 3.66. The van der Waals surface area contributed by atoms with Crippen molar-refractivity contribution in [1.29, 1.82) is 0 Å². The lowest BCUT2D eigenvalue weighted by molar-refractivity contribution is -0.141. The SMILES string of the molecule is O=C(N[C@H]1CC[C@@H](C(=O)O)C1)c1cnn(-c2ccccc2)c1C1CC1. The number of carbonyl (C=O) groups is 2. The number of benzene rings is 1. The molecule has 2 aromatic rings. The molecule has 2 aliphatic rings. The number of carboxylic acid groups (broad SMARTS) is 1. The van der Waals surface area contributed by atoms with Crippen LogP contribution in [0.4, 0.5) is 0 Å². The minimum absolute atomic E-state index is 0.0688. The van der Waals surface area contributed by atoms with Crippen LogP contribution in [0.15, 0.2) is 36.5 Å². The minimum Gasteiger partial charge on any atom is -0.481 e. The summed E-state index contributed by atoms with van der Waals surface area (Å²) in [6.07, 6.45) is 5.63. The molecule has 0 aliphatic heterocycles. The Balaban J connectivity index is 1.55. The monoisotopic (exact) mass is 339 g/mol. The predicted octanol–water partition coefficient (Wildman–Crippen LogP) is 2.73. The molecule has 2 N–H and O–H groups in total. The molecule has 0 spiro atoms. The van der Waals surface area contributed by atoms with Gasteiger partial charge in [-0.1, -0.05) is 18.2 Å². The van der Waals surface area contributed by atoms with Crippen molar-refractivity contribution in [2.75, 3.05) is 0 Å². The average molecular weight is 339 g/mol. The number of hydrogen-bond donors (Lipinski definition) is 2. The molecule has 0 saturated heterocycles. The average Bonchev–Trinajstić information content (AvgIpc) is 3.17. The van der Waals surface area contributed by atoms with Crippen LogP contribution in [0.5, 0.6) is 0 Å². The van der Waals surface area contributed by atoms with E-state index in [0.29, 0.717) is 30.7 Å². The second-order valence-electron chi connectivity index (χ2n) is 6.98. The first kappa shape index (κ1) is 15.9. The van der Waals surface area contributed by atoms with Crippen molar-refractivity contribution >= 4 is 11.9 Å². The summed E-state index contributed by atoms with van der Waals surface area (Å²) in [5, 5.41) is 16.6. The number of para-hydroxylation sites is 1. The second-order valence-corrected chi connectivity index (χ2v) is 6.98. The number of hydrogen-bond acceptors (Lipinski definition) is 3. The molecule has 2 atom stereocenters. The third kappa shape index (κ3) is 3.16. The number of rotatable bonds is 5. The number of aliphatic carboxylic acids is 1. The molecule has 1 heterocycles. The lowest BCUT2D eigenvalue weighted by Gasteiger charge is -2.13. The molecule has 0 unspecified atom stereocenters. The second kappa shape index (κ2) is 6.35. The van der Waals surface area contributed by atoms with E-state index in [2.05, 4.69) is 10.4 Å². The van der Waals surface area contributed by atoms with Crippen molar-refractivity contribution in [1.82, 2.24) is 15.1 Å². The van der Waals surface area contributed by atoms with Crippen LogP contribution < -0.4 is 5.32 Å². The molecule has 1 aromatic heterocycles. The molecule has 6 nitrogen and oxygen atoms in total. The maximum Gasteiger partial charge on any atom is 0.306 e. The largest absolute Gasteiger partial charge is 0.481 e. The van der Waals surface area contributed by atoms with Gasteiger partial charge in [0.1, 0.15) is 0 Å². The number of nitrogens with one attached hydrogen (secondary N) is 1. The van der Waals surface area contributed by atoms with Gasteiger partial charge < -0.3 is 10.4 Å². The zero-order valence-corrected chi connectivity index (χ0v) is 13.9. The molecular formula is C19H21N3O3. The summed E-state index contributed by atoms with van der Waals surface area (Å²) in [6.45, 7) is 0. The summed E-state index contributed by atoms with van der Waals surface area (Å²) in [7, 11) is 0. The lowest BCUT2D eigenvalue weighted by Crippen LogP contribution is -2.33. The summed E-state index contributed by atoms with van der Waals surface area (Å²) in [5.74, 6) is -0.883. The minimum atomic E-state index is -0.771. The third-order valence-electron chi connectivity index (χ3n) is 5.13. The Labute approximate surface area is 145 Å². The van der Waals surface area contributed by atoms with Crippen LogP contribution in [-0.2, 0) is 4.79 Å². The molecule has 4 rings (SSSR count). The van der Waals surface area contributed by atoms with Crippen molar-refractivity contribution in [2.45, 2.75) is 44.1 Å². The molecule has 1 amide bonds. The normalized spacial score (nSPS) is 22.7. The van der Waals surface area contributed by atoms with Gasteiger partial charge in [0.15, 0.2) is 0 Å². The summed E-state index contributed by atoms with van der Waals surface area (Å²) in [4.78, 5) is 23.9. The van der Waals surface area contributed by atoms with Gasteiger partial charge in [-0.2, -0.15) is 5.10 Å². The van der Waals surface area contributed by atoms with Crippen LogP contribution in [0.1, 0.15) is 54.1 Å². The fourth-order valence-electron chi connectivity index (χ4n) is 3.66. The Morgan fingerprint density at radius 1 is 1.12 bits per heavy atom. The highest BCUT2D eigenvalue weighted by Gasteiger charge is 2.35. The standard InChI is InChI=1S/C19H21N3O3/c23-18(21-14-9-8-13(10-14)19(24)25)16-11-20-22(17(16)12-6-7-12)15-4-2-1-3-5-15/h1-5,11-14H,6-10H2,(H,21,23)(H,24,25)/t13-,14+/m1/s1. The third-order valence-corrected chi connectivity index (χ3v) is 5.13. The predicted molar refractivity (Wildman–Crippen MR) is 91.8 cm³/mol. The Hall–Kier alpha value is -2.63. The van der Waals surface area contributed by atoms with Gasteiger partial charge >= 0.3 is 5.97 Å². The van der Waals surface area contributed by atoms with Gasteiger partial charge in [0.2, 0.25) is 0 Å². The molecular weight excluding hydrogens is 318 g/mol. The van der Waals surface area contributed by atoms with Crippen LogP contribution in [0.2, 0.25) is 0 Å². The van der Waals surface area contributed by atoms with Gasteiger partial charge in [-0.05, 0) is 44.2 Å². The van der Waals surface area contributed by atoms with Gasteiger partial charge in [0.05, 0.1) is 29.1 Å². The maximum absolute atomic E-state index is 12.8. The first-order chi connectivity index (χ1) is 12.1. The molecule has 0 radical (unpaired) electrons. The number of aromatic nitrogens is 2. The quantitative estimate of drug-likeness (QED) is 0.877. The summed E-state index contributed by atoms with van der Waals surface area (Å²) in [6, 6.07) is 9.76. The fraction of sp³-hybridized carbons (Fsp3) is 0.421. The smallest absolute Gasteiger partial charge is 0.306 e. The molecule has 2 saturated carbocycles. The molecule has 0 bridgehead atoms. The van der Waals surface area contributed by atoms with E-state index < -0.39 is 5.97 Å². The first-order valence-corrected chi connectivity index (χ1v) is 8.80. The van der Waals surface area contributed by atoms with Gasteiger partial charge in [0, 0.05) is 12.0 Å². The van der Waals surface area contributed by atoms with Crippen molar-refractivity contribution < 1.29 is 14.7 Å². The van der Waals surface area contributed by atoms with Crippen LogP contribution >= 0.6 is 0 Å². The molecule has 2 aliphatic carbocycles. The zero-order valence-electron chi connectivity index (χ0n) is 13.9. The van der Waals surface area contributed by atoms with Crippen LogP contribution in [-0.4, -0.2) is 32.8 Å². The van der Waals surface area contributed by atoms with Crippen LogP contribution in [0.25, 0.3) is 5.69 Å². The summed E-state index contributed by atoms with van der Waals surface area (Å²) >= 11 is 0. The van der Waals surface area contributed by atoms with Gasteiger partial charge in [-0.15, -0.1) is 0 Å². The van der Waals surface area contributed by atoms with Gasteiger partial charge in [0.25, 0.3) is 5.91 Å². The van der Waals surface area contributed by atoms with Crippen LogP contribution in [0.3, 0.4) is 0 Å². The lowest BCUT2D eigenvalue weighted by atomic mass is 10.1. The van der Waals surface area contributed by atoms with Gasteiger partial charge in [-0.25, -0.2) is 4.68 Å². The molecule has 1 aromatic carbocycles. The Kier molecular flexibility index (Phi) is 4.03. The number of carboxylic acids is 1. The van der Waals surface area contributed by atoms with E-state index in [1.54, 1.807) is 6.20 Å². The maximum atomic E-state index is 12.8. The molecule has 6 heteroatoms. The van der Waals surface area contributed by atoms with Crippen molar-refractivity contribution in [3.63, 3.8) is 0 Å². The van der Waals surface area contributed by atoms with Crippen molar-refractivity contribution in [2.24, 2.45) is 5.92 Å². The highest BCUT2D eigenvalue weighted by Crippen LogP contribution is 2.42. The number of carbonyl (C=O) groups excluding carboxylic acids is 1. The van der Waals surface area contributed by atoms with E-state index in [4.69, 9.17) is 5.11 Å². The zero-order chi connectivity index (χ0) is 17.4. The topological polar surface area (TPSA) is 84.2 Å². The van der Waals surface area contributed by atoms with E-state index in [0.717, 1.165) is 24.2 Å². The summed E-state index contributed by atoms with van der Waals surface area (Å²) in [5.41, 5.74) is 2.54. The number of amides is 1. The van der Waals surface area contributed by atoms with E-state index in [9.17, 15) is 9.59 Å². The molecule has 2 fully saturated rings.